The molecule has 13 heteroatoms. The second-order valence-corrected chi connectivity index (χ2v) is 7.68. The van der Waals surface area contributed by atoms with Crippen LogP contribution in [0.1, 0.15) is 24.5 Å². The number of aromatic amines is 1. The molecule has 0 aliphatic carbocycles. The van der Waals surface area contributed by atoms with Crippen LogP contribution in [0, 0.1) is 11.3 Å². The number of pyridine rings is 1. The second-order valence-electron chi connectivity index (χ2n) is 7.68. The van der Waals surface area contributed by atoms with E-state index in [9.17, 15) is 22.8 Å². The van der Waals surface area contributed by atoms with Crippen molar-refractivity contribution in [2.24, 2.45) is 0 Å². The first kappa shape index (κ1) is 25.0. The van der Waals surface area contributed by atoms with E-state index < -0.39 is 29.1 Å². The first-order chi connectivity index (χ1) is 16.2. The first-order valence-electron chi connectivity index (χ1n) is 10.6. The van der Waals surface area contributed by atoms with Crippen molar-refractivity contribution in [3.8, 4) is 6.07 Å². The number of nitriles is 1. The summed E-state index contributed by atoms with van der Waals surface area (Å²) in [5.74, 6) is 0.672. The van der Waals surface area contributed by atoms with Gasteiger partial charge >= 0.3 is 6.18 Å². The maximum Gasteiger partial charge on any atom is 0.423 e. The second kappa shape index (κ2) is 11.0. The van der Waals surface area contributed by atoms with Gasteiger partial charge in [0.05, 0.1) is 36.6 Å². The zero-order valence-corrected chi connectivity index (χ0v) is 18.4. The molecule has 1 saturated heterocycles. The van der Waals surface area contributed by atoms with Crippen LogP contribution in [0.15, 0.2) is 29.3 Å². The fourth-order valence-electron chi connectivity index (χ4n) is 3.52. The van der Waals surface area contributed by atoms with Crippen LogP contribution >= 0.6 is 0 Å². The Kier molecular flexibility index (Phi) is 8.06. The Hall–Kier alpha value is -3.66. The Morgan fingerprint density at radius 2 is 2.03 bits per heavy atom. The largest absolute Gasteiger partial charge is 0.423 e. The SMILES string of the molecule is CC(CC(=O)N1CCN(c2ccc(C#N)cn2)CC1)OCCNc1cn[nH]c(=O)c1C(F)(F)F. The van der Waals surface area contributed by atoms with Gasteiger partial charge < -0.3 is 19.9 Å². The third-order valence-electron chi connectivity index (χ3n) is 5.25. The van der Waals surface area contributed by atoms with Crippen LogP contribution in [-0.4, -0.2) is 71.4 Å². The van der Waals surface area contributed by atoms with Crippen molar-refractivity contribution in [1.29, 1.82) is 5.26 Å². The smallest absolute Gasteiger partial charge is 0.381 e. The highest BCUT2D eigenvalue weighted by molar-refractivity contribution is 5.77. The normalized spacial score (nSPS) is 15.0. The number of rotatable bonds is 8. The zero-order chi connectivity index (χ0) is 24.7. The van der Waals surface area contributed by atoms with Crippen molar-refractivity contribution in [1.82, 2.24) is 20.1 Å². The van der Waals surface area contributed by atoms with Crippen LogP contribution in [0.5, 0.6) is 0 Å². The summed E-state index contributed by atoms with van der Waals surface area (Å²) < 4.78 is 44.7. The van der Waals surface area contributed by atoms with Gasteiger partial charge in [0.15, 0.2) is 0 Å². The molecule has 0 bridgehead atoms. The minimum absolute atomic E-state index is 0.00299. The molecule has 0 saturated carbocycles. The first-order valence-corrected chi connectivity index (χ1v) is 10.6. The van der Waals surface area contributed by atoms with Crippen LogP contribution < -0.4 is 15.8 Å². The molecule has 1 amide bonds. The average molecular weight is 479 g/mol. The van der Waals surface area contributed by atoms with Crippen LogP contribution in [0.3, 0.4) is 0 Å². The minimum atomic E-state index is -4.82. The molecule has 182 valence electrons. The van der Waals surface area contributed by atoms with Gasteiger partial charge in [-0.2, -0.15) is 23.5 Å². The number of amides is 1. The molecule has 10 nitrogen and oxygen atoms in total. The Bertz CT molecular complexity index is 1070. The summed E-state index contributed by atoms with van der Waals surface area (Å²) in [5, 5.41) is 16.5. The van der Waals surface area contributed by atoms with E-state index in [1.807, 2.05) is 11.0 Å². The Morgan fingerprint density at radius 1 is 1.29 bits per heavy atom. The number of hydrogen-bond acceptors (Lipinski definition) is 8. The standard InChI is InChI=1S/C21H24F3N7O3/c1-14(34-9-4-26-16-13-28-29-20(33)19(16)21(22,23)24)10-18(32)31-7-5-30(6-8-31)17-3-2-15(11-25)12-27-17/h2-3,12-14H,4-10H2,1H3,(H2,26,29,33). The number of H-pyrrole nitrogens is 1. The van der Waals surface area contributed by atoms with Gasteiger partial charge in [-0.05, 0) is 19.1 Å². The van der Waals surface area contributed by atoms with Crippen LogP contribution in [-0.2, 0) is 15.7 Å². The lowest BCUT2D eigenvalue weighted by atomic mass is 10.2. The molecule has 3 rings (SSSR count). The summed E-state index contributed by atoms with van der Waals surface area (Å²) in [6.45, 7) is 4.00. The van der Waals surface area contributed by atoms with E-state index in [0.29, 0.717) is 31.7 Å². The quantitative estimate of drug-likeness (QED) is 0.547. The number of carbonyl (C=O) groups excluding carboxylic acids is 1. The van der Waals surface area contributed by atoms with Gasteiger partial charge in [0, 0.05) is 38.9 Å². The van der Waals surface area contributed by atoms with E-state index in [2.05, 4.69) is 15.4 Å². The van der Waals surface area contributed by atoms with Crippen LogP contribution in [0.4, 0.5) is 24.7 Å². The van der Waals surface area contributed by atoms with Gasteiger partial charge in [-0.3, -0.25) is 9.59 Å². The van der Waals surface area contributed by atoms with E-state index in [1.165, 1.54) is 6.20 Å². The van der Waals surface area contributed by atoms with Crippen molar-refractivity contribution >= 4 is 17.4 Å². The summed E-state index contributed by atoms with van der Waals surface area (Å²) in [5.41, 5.74) is -2.62. The fraction of sp³-hybridized carbons (Fsp3) is 0.476. The van der Waals surface area contributed by atoms with Crippen molar-refractivity contribution in [3.63, 3.8) is 0 Å². The fourth-order valence-corrected chi connectivity index (χ4v) is 3.52. The van der Waals surface area contributed by atoms with Gasteiger partial charge in [0.25, 0.3) is 5.56 Å². The topological polar surface area (TPSA) is 127 Å². The molecule has 1 aliphatic rings. The van der Waals surface area contributed by atoms with Crippen molar-refractivity contribution < 1.29 is 22.7 Å². The summed E-state index contributed by atoms with van der Waals surface area (Å²) >= 11 is 0. The number of anilines is 2. The van der Waals surface area contributed by atoms with E-state index >= 15 is 0 Å². The van der Waals surface area contributed by atoms with E-state index in [0.717, 1.165) is 12.0 Å². The number of nitrogens with one attached hydrogen (secondary N) is 2. The third kappa shape index (κ3) is 6.44. The number of ether oxygens (including phenoxy) is 1. The summed E-state index contributed by atoms with van der Waals surface area (Å²) in [6, 6.07) is 5.50. The number of aromatic nitrogens is 3. The molecule has 1 unspecified atom stereocenters. The number of halogens is 3. The van der Waals surface area contributed by atoms with E-state index in [1.54, 1.807) is 29.1 Å². The third-order valence-corrected chi connectivity index (χ3v) is 5.25. The van der Waals surface area contributed by atoms with Gasteiger partial charge in [-0.25, -0.2) is 10.1 Å². The number of alkyl halides is 3. The lowest BCUT2D eigenvalue weighted by Gasteiger charge is -2.35. The molecule has 1 aliphatic heterocycles. The van der Waals surface area contributed by atoms with Crippen LogP contribution in [0.25, 0.3) is 0 Å². The molecule has 0 spiro atoms. The van der Waals surface area contributed by atoms with E-state index in [4.69, 9.17) is 10.00 Å². The Morgan fingerprint density at radius 3 is 2.65 bits per heavy atom. The number of hydrogen-bond donors (Lipinski definition) is 2. The molecule has 2 aromatic heterocycles. The number of nitrogens with zero attached hydrogens (tertiary/aromatic N) is 5. The molecular formula is C21H24F3N7O3. The monoisotopic (exact) mass is 479 g/mol. The summed E-state index contributed by atoms with van der Waals surface area (Å²) in [7, 11) is 0. The molecule has 1 fully saturated rings. The molecule has 34 heavy (non-hydrogen) atoms. The molecule has 2 N–H and O–H groups in total. The lowest BCUT2D eigenvalue weighted by Crippen LogP contribution is -2.49. The molecular weight excluding hydrogens is 455 g/mol. The molecule has 0 aromatic carbocycles. The van der Waals surface area contributed by atoms with Gasteiger partial charge in [-0.1, -0.05) is 0 Å². The minimum Gasteiger partial charge on any atom is -0.381 e. The van der Waals surface area contributed by atoms with Crippen molar-refractivity contribution in [3.05, 3.63) is 46.0 Å². The summed E-state index contributed by atoms with van der Waals surface area (Å²) in [6.07, 6.45) is -2.72. The highest BCUT2D eigenvalue weighted by Gasteiger charge is 2.37. The highest BCUT2D eigenvalue weighted by atomic mass is 19.4. The number of carbonyl (C=O) groups is 1. The average Bonchev–Trinajstić information content (AvgIpc) is 2.81. The molecule has 2 aromatic rings. The molecule has 1 atom stereocenters. The van der Waals surface area contributed by atoms with Crippen LogP contribution in [0.2, 0.25) is 0 Å². The highest BCUT2D eigenvalue weighted by Crippen LogP contribution is 2.31. The van der Waals surface area contributed by atoms with Crippen molar-refractivity contribution in [2.75, 3.05) is 49.5 Å². The van der Waals surface area contributed by atoms with Gasteiger partial charge in [0.1, 0.15) is 17.5 Å². The Balaban J connectivity index is 1.40. The predicted molar refractivity (Wildman–Crippen MR) is 116 cm³/mol. The zero-order valence-electron chi connectivity index (χ0n) is 18.4. The predicted octanol–water partition coefficient (Wildman–Crippen LogP) is 1.61. The molecule has 3 heterocycles. The maximum atomic E-state index is 13.0. The van der Waals surface area contributed by atoms with Gasteiger partial charge in [-0.15, -0.1) is 0 Å². The van der Waals surface area contributed by atoms with Gasteiger partial charge in [0.2, 0.25) is 5.91 Å². The molecule has 0 radical (unpaired) electrons. The van der Waals surface area contributed by atoms with E-state index in [-0.39, 0.29) is 25.5 Å². The summed E-state index contributed by atoms with van der Waals surface area (Å²) in [4.78, 5) is 32.1. The Labute approximate surface area is 193 Å². The maximum absolute atomic E-state index is 13.0. The number of piperazine rings is 1. The lowest BCUT2D eigenvalue weighted by molar-refractivity contribution is -0.138. The van der Waals surface area contributed by atoms with Crippen molar-refractivity contribution in [2.45, 2.75) is 25.6 Å².